The molecule has 0 unspecified atom stereocenters. The minimum atomic E-state index is 0.197. The fraction of sp³-hybridized carbons (Fsp3) is 0.385. The second-order valence-electron chi connectivity index (χ2n) is 9.53. The van der Waals surface area contributed by atoms with Gasteiger partial charge in [0.15, 0.2) is 11.5 Å². The van der Waals surface area contributed by atoms with E-state index in [0.717, 1.165) is 53.6 Å². The lowest BCUT2D eigenvalue weighted by Gasteiger charge is -2.29. The summed E-state index contributed by atoms with van der Waals surface area (Å²) in [6, 6.07) is 12.4. The third-order valence-electron chi connectivity index (χ3n) is 6.90. The number of benzene rings is 1. The molecule has 0 radical (unpaired) electrons. The van der Waals surface area contributed by atoms with Gasteiger partial charge in [0.25, 0.3) is 0 Å². The van der Waals surface area contributed by atoms with Gasteiger partial charge in [0.2, 0.25) is 5.91 Å². The van der Waals surface area contributed by atoms with E-state index in [-0.39, 0.29) is 11.8 Å². The highest BCUT2D eigenvalue weighted by molar-refractivity contribution is 5.88. The molecule has 3 aromatic heterocycles. The van der Waals surface area contributed by atoms with Gasteiger partial charge in [0.1, 0.15) is 5.52 Å². The van der Waals surface area contributed by atoms with Crippen LogP contribution in [0.1, 0.15) is 12.0 Å². The topological polar surface area (TPSA) is 81.3 Å². The average Bonchev–Trinajstić information content (AvgIpc) is 3.59. The van der Waals surface area contributed by atoms with Crippen molar-refractivity contribution >= 4 is 22.8 Å². The van der Waals surface area contributed by atoms with Gasteiger partial charge >= 0.3 is 0 Å². The van der Waals surface area contributed by atoms with Gasteiger partial charge in [0, 0.05) is 63.4 Å². The first-order valence-electron chi connectivity index (χ1n) is 12.1. The number of pyridine rings is 1. The first-order valence-corrected chi connectivity index (χ1v) is 12.1. The average molecular weight is 472 g/mol. The van der Waals surface area contributed by atoms with Gasteiger partial charge in [0.05, 0.1) is 30.9 Å². The fourth-order valence-electron chi connectivity index (χ4n) is 5.07. The molecule has 6 rings (SSSR count). The lowest BCUT2D eigenvalue weighted by atomic mass is 10.1. The van der Waals surface area contributed by atoms with Crippen LogP contribution in [0.2, 0.25) is 0 Å². The molecule has 0 bridgehead atoms. The van der Waals surface area contributed by atoms with Crippen molar-refractivity contribution < 1.29 is 9.53 Å². The van der Waals surface area contributed by atoms with Crippen LogP contribution in [0, 0.1) is 12.8 Å². The Morgan fingerprint density at radius 3 is 2.77 bits per heavy atom. The summed E-state index contributed by atoms with van der Waals surface area (Å²) in [6.45, 7) is 6.54. The van der Waals surface area contributed by atoms with Gasteiger partial charge in [-0.1, -0.05) is 23.8 Å². The van der Waals surface area contributed by atoms with Gasteiger partial charge in [-0.05, 0) is 19.1 Å². The molecule has 2 fully saturated rings. The molecule has 5 heterocycles. The van der Waals surface area contributed by atoms with Crippen molar-refractivity contribution in [3.05, 3.63) is 54.5 Å². The van der Waals surface area contributed by atoms with E-state index >= 15 is 0 Å². The number of carbonyl (C=O) groups is 1. The molecule has 180 valence electrons. The predicted octanol–water partition coefficient (Wildman–Crippen LogP) is 2.91. The molecule has 2 aliphatic heterocycles. The van der Waals surface area contributed by atoms with Crippen molar-refractivity contribution in [2.75, 3.05) is 44.8 Å². The number of aromatic nitrogens is 5. The Morgan fingerprint density at radius 1 is 1.14 bits per heavy atom. The summed E-state index contributed by atoms with van der Waals surface area (Å²) in [5.74, 6) is 1.20. The highest BCUT2D eigenvalue weighted by atomic mass is 16.5. The minimum absolute atomic E-state index is 0.197. The number of fused-ring (bicyclic) bond motifs is 1. The van der Waals surface area contributed by atoms with Crippen LogP contribution in [0.4, 0.5) is 5.69 Å². The van der Waals surface area contributed by atoms with E-state index < -0.39 is 0 Å². The molecule has 9 nitrogen and oxygen atoms in total. The first-order chi connectivity index (χ1) is 17.0. The number of hydrogen-bond acceptors (Lipinski definition) is 6. The largest absolute Gasteiger partial charge is 0.378 e. The lowest BCUT2D eigenvalue weighted by molar-refractivity contribution is -0.126. The first kappa shape index (κ1) is 21.8. The van der Waals surface area contributed by atoms with E-state index in [1.54, 1.807) is 4.90 Å². The van der Waals surface area contributed by atoms with Crippen LogP contribution >= 0.6 is 0 Å². The van der Waals surface area contributed by atoms with Crippen molar-refractivity contribution in [1.29, 1.82) is 0 Å². The van der Waals surface area contributed by atoms with E-state index in [4.69, 9.17) is 19.8 Å². The summed E-state index contributed by atoms with van der Waals surface area (Å²) in [7, 11) is 1.87. The molecule has 35 heavy (non-hydrogen) atoms. The summed E-state index contributed by atoms with van der Waals surface area (Å²) in [6.07, 6.45) is 4.38. The van der Waals surface area contributed by atoms with Crippen molar-refractivity contribution in [1.82, 2.24) is 29.2 Å². The van der Waals surface area contributed by atoms with Gasteiger partial charge in [-0.15, -0.1) is 0 Å². The molecule has 1 aromatic carbocycles. The normalized spacial score (nSPS) is 18.7. The number of nitrogens with zero attached hydrogens (tertiary/aromatic N) is 7. The molecule has 9 heteroatoms. The van der Waals surface area contributed by atoms with Gasteiger partial charge < -0.3 is 19.1 Å². The van der Waals surface area contributed by atoms with E-state index in [1.807, 2.05) is 36.4 Å². The van der Waals surface area contributed by atoms with Crippen LogP contribution in [0.5, 0.6) is 0 Å². The van der Waals surface area contributed by atoms with E-state index in [9.17, 15) is 4.79 Å². The number of likely N-dealkylation sites (tertiary alicyclic amines) is 1. The number of rotatable bonds is 5. The lowest BCUT2D eigenvalue weighted by Crippen LogP contribution is -2.36. The van der Waals surface area contributed by atoms with E-state index in [1.165, 1.54) is 5.56 Å². The number of aryl methyl sites for hydroxylation is 1. The van der Waals surface area contributed by atoms with Crippen LogP contribution in [0.3, 0.4) is 0 Å². The maximum atomic E-state index is 12.1. The Morgan fingerprint density at radius 2 is 2.00 bits per heavy atom. The summed E-state index contributed by atoms with van der Waals surface area (Å²) in [5.41, 5.74) is 5.92. The third-order valence-corrected chi connectivity index (χ3v) is 6.90. The molecule has 0 spiro atoms. The van der Waals surface area contributed by atoms with Gasteiger partial charge in [-0.25, -0.2) is 14.6 Å². The maximum absolute atomic E-state index is 12.1. The molecule has 4 aromatic rings. The monoisotopic (exact) mass is 471 g/mol. The second kappa shape index (κ2) is 8.81. The SMILES string of the molecule is Cc1cccc(-c2ccn(-c3cc(N4CCOCC4)c4ncn(C[C@@H]5CC(=O)N(C)C5)c4n3)n2)c1. The smallest absolute Gasteiger partial charge is 0.222 e. The quantitative estimate of drug-likeness (QED) is 0.445. The Kier molecular flexibility index (Phi) is 5.49. The van der Waals surface area contributed by atoms with Crippen LogP contribution in [0.25, 0.3) is 28.2 Å². The Bertz CT molecular complexity index is 1390. The molecule has 2 saturated heterocycles. The van der Waals surface area contributed by atoms with Gasteiger partial charge in [-0.2, -0.15) is 5.10 Å². The number of anilines is 1. The highest BCUT2D eigenvalue weighted by Gasteiger charge is 2.28. The summed E-state index contributed by atoms with van der Waals surface area (Å²) < 4.78 is 9.51. The van der Waals surface area contributed by atoms with E-state index in [2.05, 4.69) is 40.7 Å². The molecular formula is C26H29N7O2. The van der Waals surface area contributed by atoms with Crippen molar-refractivity contribution in [2.45, 2.75) is 19.9 Å². The number of ether oxygens (including phenoxy) is 1. The summed E-state index contributed by atoms with van der Waals surface area (Å²) >= 11 is 0. The van der Waals surface area contributed by atoms with Crippen LogP contribution in [0.15, 0.2) is 48.9 Å². The van der Waals surface area contributed by atoms with Crippen molar-refractivity contribution in [3.63, 3.8) is 0 Å². The molecule has 2 aliphatic rings. The van der Waals surface area contributed by atoms with Crippen LogP contribution < -0.4 is 4.90 Å². The fourth-order valence-corrected chi connectivity index (χ4v) is 5.07. The number of amides is 1. The molecule has 1 atom stereocenters. The van der Waals surface area contributed by atoms with Crippen molar-refractivity contribution in [3.8, 4) is 17.1 Å². The summed E-state index contributed by atoms with van der Waals surface area (Å²) in [4.78, 5) is 26.0. The Hall–Kier alpha value is -3.72. The number of imidazole rings is 1. The molecule has 1 amide bonds. The molecule has 0 aliphatic carbocycles. The molecule has 0 saturated carbocycles. The number of carbonyl (C=O) groups excluding carboxylic acids is 1. The third kappa shape index (κ3) is 4.16. The highest BCUT2D eigenvalue weighted by Crippen LogP contribution is 2.30. The zero-order valence-corrected chi connectivity index (χ0v) is 20.1. The zero-order chi connectivity index (χ0) is 23.9. The number of hydrogen-bond donors (Lipinski definition) is 0. The zero-order valence-electron chi connectivity index (χ0n) is 20.1. The van der Waals surface area contributed by atoms with Gasteiger partial charge in [-0.3, -0.25) is 4.79 Å². The molecule has 0 N–H and O–H groups in total. The molecular weight excluding hydrogens is 442 g/mol. The minimum Gasteiger partial charge on any atom is -0.378 e. The van der Waals surface area contributed by atoms with Crippen LogP contribution in [-0.4, -0.2) is 75.0 Å². The standard InChI is InChI=1S/C26H29N7O2/c1-18-4-3-5-20(12-18)21-6-7-33(29-21)23-14-22(31-8-10-35-11-9-31)25-26(28-23)32(17-27-25)16-19-13-24(34)30(2)15-19/h3-7,12,14,17,19H,8-11,13,15-16H2,1-2H3/t19-/m1/s1. The van der Waals surface area contributed by atoms with E-state index in [0.29, 0.717) is 26.2 Å². The second-order valence-corrected chi connectivity index (χ2v) is 9.53. The maximum Gasteiger partial charge on any atom is 0.222 e. The number of morpholine rings is 1. The van der Waals surface area contributed by atoms with Crippen LogP contribution in [-0.2, 0) is 16.1 Å². The predicted molar refractivity (Wildman–Crippen MR) is 134 cm³/mol. The van der Waals surface area contributed by atoms with Crippen molar-refractivity contribution in [2.24, 2.45) is 5.92 Å². The Balaban J connectivity index is 1.41. The summed E-state index contributed by atoms with van der Waals surface area (Å²) in [5, 5.41) is 4.85. The Labute approximate surface area is 203 Å².